The third-order valence-electron chi connectivity index (χ3n) is 2.88. The standard InChI is InChI=1S/C8H13N7O5/c9-7-6(18)5(17)3(1-12-14-10)20-8(7,19)4(16)2-13-15-11/h3,5-7,17-19H,1-2,9H2/t3-,5-,6+,7-,8?/m1/s1. The fourth-order valence-corrected chi connectivity index (χ4v) is 1.77. The van der Waals surface area contributed by atoms with Gasteiger partial charge in [-0.3, -0.25) is 4.79 Å². The van der Waals surface area contributed by atoms with Crippen LogP contribution in [0.5, 0.6) is 0 Å². The Hall–Kier alpha value is -1.91. The number of azide groups is 2. The van der Waals surface area contributed by atoms with Gasteiger partial charge in [-0.25, -0.2) is 0 Å². The summed E-state index contributed by atoms with van der Waals surface area (Å²) < 4.78 is 4.95. The highest BCUT2D eigenvalue weighted by Gasteiger charge is 2.55. The molecule has 5 atom stereocenters. The van der Waals surface area contributed by atoms with E-state index in [0.29, 0.717) is 0 Å². The molecule has 0 bridgehead atoms. The summed E-state index contributed by atoms with van der Waals surface area (Å²) in [7, 11) is 0. The Kier molecular flexibility index (Phi) is 5.25. The minimum atomic E-state index is -2.65. The van der Waals surface area contributed by atoms with Gasteiger partial charge in [0.1, 0.15) is 12.2 Å². The van der Waals surface area contributed by atoms with E-state index in [2.05, 4.69) is 20.1 Å². The summed E-state index contributed by atoms with van der Waals surface area (Å²) in [5, 5.41) is 35.6. The summed E-state index contributed by atoms with van der Waals surface area (Å²) in [5.41, 5.74) is 21.8. The highest BCUT2D eigenvalue weighted by molar-refractivity contribution is 5.88. The van der Waals surface area contributed by atoms with Crippen LogP contribution >= 0.6 is 0 Å². The smallest absolute Gasteiger partial charge is 0.245 e. The number of carbonyl (C=O) groups is 1. The molecule has 12 heteroatoms. The fraction of sp³-hybridized carbons (Fsp3) is 0.875. The average molecular weight is 287 g/mol. The quantitative estimate of drug-likeness (QED) is 0.263. The molecule has 1 aliphatic heterocycles. The zero-order valence-electron chi connectivity index (χ0n) is 10.1. The maximum atomic E-state index is 11.7. The van der Waals surface area contributed by atoms with Crippen LogP contribution in [0.15, 0.2) is 10.2 Å². The van der Waals surface area contributed by atoms with Gasteiger partial charge in [0.2, 0.25) is 5.79 Å². The van der Waals surface area contributed by atoms with Crippen LogP contribution in [0.4, 0.5) is 0 Å². The second-order valence-corrected chi connectivity index (χ2v) is 4.09. The number of nitrogens with two attached hydrogens (primary N) is 1. The first-order valence-corrected chi connectivity index (χ1v) is 5.45. The normalized spacial score (nSPS) is 36.6. The van der Waals surface area contributed by atoms with Gasteiger partial charge in [0.25, 0.3) is 0 Å². The van der Waals surface area contributed by atoms with Crippen LogP contribution in [-0.4, -0.2) is 64.3 Å². The Morgan fingerprint density at radius 1 is 1.30 bits per heavy atom. The minimum Gasteiger partial charge on any atom is -0.388 e. The zero-order chi connectivity index (χ0) is 15.3. The topological polar surface area (TPSA) is 211 Å². The zero-order valence-corrected chi connectivity index (χ0v) is 10.1. The first-order chi connectivity index (χ1) is 9.38. The fourth-order valence-electron chi connectivity index (χ4n) is 1.77. The predicted molar refractivity (Wildman–Crippen MR) is 62.8 cm³/mol. The van der Waals surface area contributed by atoms with Crippen LogP contribution in [0, 0.1) is 0 Å². The molecule has 20 heavy (non-hydrogen) atoms. The van der Waals surface area contributed by atoms with Crippen LogP contribution in [-0.2, 0) is 9.53 Å². The molecule has 1 aliphatic rings. The molecular formula is C8H13N7O5. The van der Waals surface area contributed by atoms with E-state index in [4.69, 9.17) is 21.5 Å². The van der Waals surface area contributed by atoms with E-state index < -0.39 is 49.0 Å². The summed E-state index contributed by atoms with van der Waals surface area (Å²) in [5.74, 6) is -3.73. The van der Waals surface area contributed by atoms with E-state index in [-0.39, 0.29) is 0 Å². The van der Waals surface area contributed by atoms with Crippen molar-refractivity contribution in [1.29, 1.82) is 0 Å². The first kappa shape index (κ1) is 16.1. The molecule has 5 N–H and O–H groups in total. The van der Waals surface area contributed by atoms with E-state index in [0.717, 1.165) is 0 Å². The Balaban J connectivity index is 3.01. The second-order valence-electron chi connectivity index (χ2n) is 4.09. The summed E-state index contributed by atoms with van der Waals surface area (Å²) in [6.07, 6.45) is -4.58. The lowest BCUT2D eigenvalue weighted by molar-refractivity contribution is -0.290. The van der Waals surface area contributed by atoms with E-state index in [1.807, 2.05) is 0 Å². The molecule has 1 saturated heterocycles. The molecular weight excluding hydrogens is 274 g/mol. The number of ether oxygens (including phenoxy) is 1. The van der Waals surface area contributed by atoms with Crippen molar-refractivity contribution in [2.45, 2.75) is 30.1 Å². The van der Waals surface area contributed by atoms with E-state index >= 15 is 0 Å². The Labute approximate surface area is 112 Å². The highest BCUT2D eigenvalue weighted by atomic mass is 16.6. The Morgan fingerprint density at radius 2 is 1.90 bits per heavy atom. The van der Waals surface area contributed by atoms with Crippen LogP contribution in [0.2, 0.25) is 0 Å². The number of aliphatic hydroxyl groups excluding tert-OH is 2. The van der Waals surface area contributed by atoms with Crippen LogP contribution < -0.4 is 5.73 Å². The Bertz CT molecular complexity index is 474. The van der Waals surface area contributed by atoms with Gasteiger partial charge < -0.3 is 25.8 Å². The van der Waals surface area contributed by atoms with Crippen molar-refractivity contribution in [3.05, 3.63) is 20.9 Å². The van der Waals surface area contributed by atoms with Gasteiger partial charge in [-0.05, 0) is 11.1 Å². The van der Waals surface area contributed by atoms with Gasteiger partial charge in [0.05, 0.1) is 25.2 Å². The van der Waals surface area contributed by atoms with Crippen LogP contribution in [0.1, 0.15) is 0 Å². The second kappa shape index (κ2) is 6.50. The van der Waals surface area contributed by atoms with Crippen molar-refractivity contribution in [2.75, 3.05) is 13.1 Å². The molecule has 0 spiro atoms. The largest absolute Gasteiger partial charge is 0.388 e. The highest BCUT2D eigenvalue weighted by Crippen LogP contribution is 2.28. The van der Waals surface area contributed by atoms with Gasteiger partial charge in [-0.15, -0.1) is 0 Å². The predicted octanol–water partition coefficient (Wildman–Crippen LogP) is -1.69. The molecule has 1 unspecified atom stereocenters. The molecule has 110 valence electrons. The first-order valence-electron chi connectivity index (χ1n) is 5.45. The summed E-state index contributed by atoms with van der Waals surface area (Å²) in [6, 6.07) is -1.65. The average Bonchev–Trinajstić information content (AvgIpc) is 2.44. The minimum absolute atomic E-state index is 0.432. The molecule has 1 rings (SSSR count). The number of nitrogens with zero attached hydrogens (tertiary/aromatic N) is 6. The maximum absolute atomic E-state index is 11.7. The third kappa shape index (κ3) is 2.98. The molecule has 12 nitrogen and oxygen atoms in total. The SMILES string of the molecule is [N-]=[N+]=NCC(=O)C1(O)O[C@H](CN=[N+]=[N-])[C@@H](O)[C@H](O)[C@H]1N. The molecule has 0 aromatic carbocycles. The van der Waals surface area contributed by atoms with Crippen molar-refractivity contribution in [3.8, 4) is 0 Å². The maximum Gasteiger partial charge on any atom is 0.245 e. The monoisotopic (exact) mass is 287 g/mol. The van der Waals surface area contributed by atoms with Gasteiger partial charge in [-0.2, -0.15) is 0 Å². The van der Waals surface area contributed by atoms with Crippen LogP contribution in [0.3, 0.4) is 0 Å². The van der Waals surface area contributed by atoms with Crippen molar-refractivity contribution < 1.29 is 24.9 Å². The van der Waals surface area contributed by atoms with Crippen molar-refractivity contribution >= 4 is 5.78 Å². The lowest BCUT2D eigenvalue weighted by Crippen LogP contribution is -2.71. The third-order valence-corrected chi connectivity index (χ3v) is 2.88. The lowest BCUT2D eigenvalue weighted by atomic mass is 9.88. The van der Waals surface area contributed by atoms with Crippen LogP contribution in [0.25, 0.3) is 20.9 Å². The molecule has 0 aliphatic carbocycles. The number of aliphatic hydroxyl groups is 3. The molecule has 0 amide bonds. The molecule has 1 heterocycles. The number of rotatable bonds is 5. The molecule has 0 saturated carbocycles. The van der Waals surface area contributed by atoms with E-state index in [1.54, 1.807) is 0 Å². The number of ketones is 1. The van der Waals surface area contributed by atoms with Crippen molar-refractivity contribution in [1.82, 2.24) is 0 Å². The molecule has 1 fully saturated rings. The molecule has 0 aromatic heterocycles. The van der Waals surface area contributed by atoms with Crippen molar-refractivity contribution in [3.63, 3.8) is 0 Å². The number of hydrogen-bond acceptors (Lipinski definition) is 8. The van der Waals surface area contributed by atoms with Gasteiger partial charge in [0.15, 0.2) is 5.78 Å². The van der Waals surface area contributed by atoms with E-state index in [1.165, 1.54) is 0 Å². The van der Waals surface area contributed by atoms with E-state index in [9.17, 15) is 20.1 Å². The summed E-state index contributed by atoms with van der Waals surface area (Å²) in [4.78, 5) is 16.5. The number of hydrogen-bond donors (Lipinski definition) is 4. The summed E-state index contributed by atoms with van der Waals surface area (Å²) >= 11 is 0. The number of carbonyl (C=O) groups excluding carboxylic acids is 1. The van der Waals surface area contributed by atoms with Crippen molar-refractivity contribution in [2.24, 2.45) is 16.0 Å². The van der Waals surface area contributed by atoms with Gasteiger partial charge >= 0.3 is 0 Å². The van der Waals surface area contributed by atoms with Gasteiger partial charge in [0, 0.05) is 9.82 Å². The van der Waals surface area contributed by atoms with Gasteiger partial charge in [-0.1, -0.05) is 10.2 Å². The number of Topliss-reactive ketones (excluding diaryl/α,β-unsaturated/α-hetero) is 1. The molecule has 0 aromatic rings. The summed E-state index contributed by atoms with van der Waals surface area (Å²) in [6.45, 7) is -1.18. The molecule has 0 radical (unpaired) electrons. The Morgan fingerprint density at radius 3 is 2.45 bits per heavy atom. The lowest BCUT2D eigenvalue weighted by Gasteiger charge is -2.45.